The number of anilines is 3. The Kier molecular flexibility index (Phi) is 4.80. The molecule has 7 nitrogen and oxygen atoms in total. The zero-order chi connectivity index (χ0) is 19.9. The molecule has 2 aliphatic heterocycles. The van der Waals surface area contributed by atoms with E-state index in [2.05, 4.69) is 10.6 Å². The van der Waals surface area contributed by atoms with E-state index in [1.54, 1.807) is 36.4 Å². The average Bonchev–Trinajstić information content (AvgIpc) is 3.02. The molecular weight excluding hydrogens is 398 g/mol. The normalized spacial score (nSPS) is 20.4. The van der Waals surface area contributed by atoms with E-state index in [9.17, 15) is 18.0 Å². The van der Waals surface area contributed by atoms with Crippen LogP contribution in [0.2, 0.25) is 0 Å². The molecule has 1 fully saturated rings. The Morgan fingerprint density at radius 3 is 2.64 bits per heavy atom. The third kappa shape index (κ3) is 3.59. The van der Waals surface area contributed by atoms with Crippen LogP contribution in [0.15, 0.2) is 47.4 Å². The van der Waals surface area contributed by atoms with E-state index in [-0.39, 0.29) is 22.8 Å². The van der Waals surface area contributed by atoms with Crippen LogP contribution < -0.4 is 14.9 Å². The number of nitrogens with one attached hydrogen (secondary N) is 2. The van der Waals surface area contributed by atoms with E-state index in [0.29, 0.717) is 35.6 Å². The lowest BCUT2D eigenvalue weighted by Gasteiger charge is -2.21. The van der Waals surface area contributed by atoms with Gasteiger partial charge in [-0.3, -0.25) is 13.9 Å². The number of hydrogen-bond donors (Lipinski definition) is 2. The number of benzene rings is 2. The van der Waals surface area contributed by atoms with Crippen molar-refractivity contribution in [3.8, 4) is 0 Å². The number of carbonyl (C=O) groups excluding carboxylic acids is 2. The quantitative estimate of drug-likeness (QED) is 0.801. The van der Waals surface area contributed by atoms with Crippen LogP contribution in [-0.2, 0) is 14.8 Å². The highest BCUT2D eigenvalue weighted by atomic mass is 32.2. The van der Waals surface area contributed by atoms with Crippen LogP contribution in [0.3, 0.4) is 0 Å². The lowest BCUT2D eigenvalue weighted by atomic mass is 10.1. The van der Waals surface area contributed by atoms with Crippen LogP contribution in [-0.4, -0.2) is 37.8 Å². The molecule has 0 aliphatic carbocycles. The zero-order valence-corrected chi connectivity index (χ0v) is 16.8. The smallest absolute Gasteiger partial charge is 0.255 e. The summed E-state index contributed by atoms with van der Waals surface area (Å²) in [4.78, 5) is 25.3. The van der Waals surface area contributed by atoms with Crippen molar-refractivity contribution in [1.82, 2.24) is 0 Å². The number of thioether (sulfide) groups is 1. The molecule has 0 saturated carbocycles. The lowest BCUT2D eigenvalue weighted by molar-refractivity contribution is -0.115. The Morgan fingerprint density at radius 2 is 1.96 bits per heavy atom. The van der Waals surface area contributed by atoms with E-state index < -0.39 is 10.0 Å². The van der Waals surface area contributed by atoms with Crippen molar-refractivity contribution in [2.24, 2.45) is 0 Å². The van der Waals surface area contributed by atoms with Crippen molar-refractivity contribution in [2.45, 2.75) is 23.5 Å². The highest BCUT2D eigenvalue weighted by molar-refractivity contribution is 8.01. The van der Waals surface area contributed by atoms with Crippen LogP contribution in [0, 0.1) is 0 Å². The molecule has 2 N–H and O–H groups in total. The van der Waals surface area contributed by atoms with Crippen molar-refractivity contribution in [1.29, 1.82) is 0 Å². The minimum Gasteiger partial charge on any atom is -0.324 e. The van der Waals surface area contributed by atoms with Gasteiger partial charge in [0.15, 0.2) is 0 Å². The second kappa shape index (κ2) is 7.14. The van der Waals surface area contributed by atoms with Crippen LogP contribution in [0.4, 0.5) is 17.1 Å². The van der Waals surface area contributed by atoms with E-state index >= 15 is 0 Å². The fourth-order valence-corrected chi connectivity index (χ4v) is 5.69. The van der Waals surface area contributed by atoms with Gasteiger partial charge in [-0.2, -0.15) is 0 Å². The zero-order valence-electron chi connectivity index (χ0n) is 15.1. The summed E-state index contributed by atoms with van der Waals surface area (Å²) in [6.07, 6.45) is 0.618. The second-order valence-electron chi connectivity index (χ2n) is 6.70. The van der Waals surface area contributed by atoms with Gasteiger partial charge in [-0.1, -0.05) is 0 Å². The maximum atomic E-state index is 12.6. The van der Waals surface area contributed by atoms with Gasteiger partial charge in [0.1, 0.15) is 0 Å². The SMILES string of the molecule is C[C@H]1Sc2ccc(C(=O)Nc3ccc(N4CCCS4(=O)=O)cc3)cc2NC1=O. The molecule has 2 aromatic carbocycles. The van der Waals surface area contributed by atoms with Crippen LogP contribution >= 0.6 is 11.8 Å². The number of carbonyl (C=O) groups is 2. The molecule has 0 spiro atoms. The maximum absolute atomic E-state index is 12.6. The summed E-state index contributed by atoms with van der Waals surface area (Å²) in [6.45, 7) is 2.31. The molecule has 0 unspecified atom stereocenters. The third-order valence-electron chi connectivity index (χ3n) is 4.69. The molecule has 0 radical (unpaired) electrons. The molecule has 2 aliphatic rings. The van der Waals surface area contributed by atoms with Crippen molar-refractivity contribution >= 4 is 50.7 Å². The first kappa shape index (κ1) is 18.8. The molecule has 0 bridgehead atoms. The van der Waals surface area contributed by atoms with E-state index in [1.165, 1.54) is 16.1 Å². The van der Waals surface area contributed by atoms with Gasteiger partial charge >= 0.3 is 0 Å². The maximum Gasteiger partial charge on any atom is 0.255 e. The number of amides is 2. The topological polar surface area (TPSA) is 95.6 Å². The Balaban J connectivity index is 1.48. The Hall–Kier alpha value is -2.52. The van der Waals surface area contributed by atoms with E-state index in [1.807, 2.05) is 13.0 Å². The number of sulfonamides is 1. The molecule has 2 aromatic rings. The summed E-state index contributed by atoms with van der Waals surface area (Å²) in [5.74, 6) is -0.220. The monoisotopic (exact) mass is 417 g/mol. The molecule has 4 rings (SSSR count). The van der Waals surface area contributed by atoms with Gasteiger partial charge in [-0.25, -0.2) is 8.42 Å². The van der Waals surface area contributed by atoms with Gasteiger partial charge in [-0.15, -0.1) is 11.8 Å². The second-order valence-corrected chi connectivity index (χ2v) is 10.1. The van der Waals surface area contributed by atoms with Crippen LogP contribution in [0.1, 0.15) is 23.7 Å². The van der Waals surface area contributed by atoms with Gasteiger partial charge in [0.25, 0.3) is 5.91 Å². The van der Waals surface area contributed by atoms with E-state index in [0.717, 1.165) is 4.90 Å². The summed E-state index contributed by atoms with van der Waals surface area (Å²) in [6, 6.07) is 11.9. The molecular formula is C19H19N3O4S2. The van der Waals surface area contributed by atoms with Gasteiger partial charge in [-0.05, 0) is 55.8 Å². The Bertz CT molecular complexity index is 1050. The number of rotatable bonds is 3. The molecule has 2 amide bonds. The Labute approximate surface area is 167 Å². The van der Waals surface area contributed by atoms with Crippen molar-refractivity contribution in [2.75, 3.05) is 27.2 Å². The molecule has 9 heteroatoms. The summed E-state index contributed by atoms with van der Waals surface area (Å²) in [7, 11) is -3.23. The van der Waals surface area contributed by atoms with Crippen molar-refractivity contribution in [3.05, 3.63) is 48.0 Å². The molecule has 1 saturated heterocycles. The van der Waals surface area contributed by atoms with Gasteiger partial charge in [0.2, 0.25) is 15.9 Å². The average molecular weight is 418 g/mol. The minimum absolute atomic E-state index is 0.0810. The summed E-state index contributed by atoms with van der Waals surface area (Å²) >= 11 is 1.46. The van der Waals surface area contributed by atoms with Gasteiger partial charge < -0.3 is 10.6 Å². The van der Waals surface area contributed by atoms with Gasteiger partial charge in [0.05, 0.1) is 22.4 Å². The standard InChI is InChI=1S/C19H19N3O4S2/c1-12-18(23)21-16-11-13(3-8-17(16)27-12)19(24)20-14-4-6-15(7-5-14)22-9-2-10-28(22,25)26/h3-8,11-12H,2,9-10H2,1H3,(H,20,24)(H,21,23)/t12-/m1/s1. The predicted octanol–water partition coefficient (Wildman–Crippen LogP) is 2.91. The summed E-state index contributed by atoms with van der Waals surface area (Å²) in [5.41, 5.74) is 2.23. The number of nitrogens with zero attached hydrogens (tertiary/aromatic N) is 1. The number of fused-ring (bicyclic) bond motifs is 1. The van der Waals surface area contributed by atoms with E-state index in [4.69, 9.17) is 0 Å². The summed E-state index contributed by atoms with van der Waals surface area (Å²) in [5, 5.41) is 5.45. The van der Waals surface area contributed by atoms with Crippen LogP contribution in [0.25, 0.3) is 0 Å². The third-order valence-corrected chi connectivity index (χ3v) is 7.73. The summed E-state index contributed by atoms with van der Waals surface area (Å²) < 4.78 is 25.4. The Morgan fingerprint density at radius 1 is 1.21 bits per heavy atom. The fraction of sp³-hybridized carbons (Fsp3) is 0.263. The highest BCUT2D eigenvalue weighted by Gasteiger charge is 2.28. The fourth-order valence-electron chi connectivity index (χ4n) is 3.19. The van der Waals surface area contributed by atoms with Crippen molar-refractivity contribution in [3.63, 3.8) is 0 Å². The predicted molar refractivity (Wildman–Crippen MR) is 111 cm³/mol. The molecule has 2 heterocycles. The lowest BCUT2D eigenvalue weighted by Crippen LogP contribution is -2.26. The molecule has 0 aromatic heterocycles. The van der Waals surface area contributed by atoms with Gasteiger partial charge in [0, 0.05) is 22.7 Å². The highest BCUT2D eigenvalue weighted by Crippen LogP contribution is 2.36. The number of hydrogen-bond acceptors (Lipinski definition) is 5. The molecule has 28 heavy (non-hydrogen) atoms. The largest absolute Gasteiger partial charge is 0.324 e. The minimum atomic E-state index is -3.23. The first-order chi connectivity index (χ1) is 13.3. The molecule has 1 atom stereocenters. The van der Waals surface area contributed by atoms with Crippen LogP contribution in [0.5, 0.6) is 0 Å². The van der Waals surface area contributed by atoms with Crippen molar-refractivity contribution < 1.29 is 18.0 Å². The molecule has 146 valence electrons. The first-order valence-electron chi connectivity index (χ1n) is 8.87. The first-order valence-corrected chi connectivity index (χ1v) is 11.4.